The van der Waals surface area contributed by atoms with Crippen molar-refractivity contribution in [1.82, 2.24) is 0 Å². The highest BCUT2D eigenvalue weighted by atomic mass is 16.1. The van der Waals surface area contributed by atoms with E-state index in [-0.39, 0.29) is 5.91 Å². The molecule has 3 nitrogen and oxygen atoms in total. The van der Waals surface area contributed by atoms with E-state index in [4.69, 9.17) is 5.73 Å². The second-order valence-corrected chi connectivity index (χ2v) is 5.97. The van der Waals surface area contributed by atoms with Crippen molar-refractivity contribution in [3.05, 3.63) is 29.8 Å². The SMILES string of the molecule is Cc1ccc(NC2(C(N)=O)CCCC(C)CC2)cc1. The Balaban J connectivity index is 2.19. The summed E-state index contributed by atoms with van der Waals surface area (Å²) >= 11 is 0. The molecule has 19 heavy (non-hydrogen) atoms. The number of rotatable bonds is 3. The van der Waals surface area contributed by atoms with E-state index in [0.717, 1.165) is 31.4 Å². The molecule has 3 N–H and O–H groups in total. The first kappa shape index (κ1) is 13.9. The molecule has 0 bridgehead atoms. The van der Waals surface area contributed by atoms with Crippen molar-refractivity contribution in [1.29, 1.82) is 0 Å². The zero-order valence-corrected chi connectivity index (χ0v) is 11.9. The van der Waals surface area contributed by atoms with Crippen molar-refractivity contribution in [2.24, 2.45) is 11.7 Å². The van der Waals surface area contributed by atoms with Crippen LogP contribution in [-0.2, 0) is 4.79 Å². The number of nitrogens with two attached hydrogens (primary N) is 1. The fourth-order valence-electron chi connectivity index (χ4n) is 2.86. The molecule has 2 rings (SSSR count). The Labute approximate surface area is 115 Å². The molecule has 0 spiro atoms. The molecule has 104 valence electrons. The average Bonchev–Trinajstić information content (AvgIpc) is 2.56. The van der Waals surface area contributed by atoms with Gasteiger partial charge in [0.15, 0.2) is 0 Å². The van der Waals surface area contributed by atoms with E-state index in [1.54, 1.807) is 0 Å². The van der Waals surface area contributed by atoms with E-state index in [1.165, 1.54) is 12.0 Å². The Morgan fingerprint density at radius 3 is 2.58 bits per heavy atom. The van der Waals surface area contributed by atoms with Crippen LogP contribution < -0.4 is 11.1 Å². The lowest BCUT2D eigenvalue weighted by Crippen LogP contribution is -2.50. The first-order valence-electron chi connectivity index (χ1n) is 7.17. The van der Waals surface area contributed by atoms with Crippen molar-refractivity contribution in [3.63, 3.8) is 0 Å². The maximum Gasteiger partial charge on any atom is 0.243 e. The minimum atomic E-state index is -0.569. The molecule has 0 saturated heterocycles. The molecule has 2 atom stereocenters. The van der Waals surface area contributed by atoms with Gasteiger partial charge in [-0.2, -0.15) is 0 Å². The number of nitrogens with one attached hydrogen (secondary N) is 1. The molecule has 0 radical (unpaired) electrons. The van der Waals surface area contributed by atoms with Crippen molar-refractivity contribution < 1.29 is 4.79 Å². The van der Waals surface area contributed by atoms with E-state index >= 15 is 0 Å². The zero-order valence-electron chi connectivity index (χ0n) is 11.9. The van der Waals surface area contributed by atoms with Gasteiger partial charge in [0, 0.05) is 5.69 Å². The maximum absolute atomic E-state index is 12.0. The summed E-state index contributed by atoms with van der Waals surface area (Å²) in [5.41, 5.74) is 7.32. The lowest BCUT2D eigenvalue weighted by molar-refractivity contribution is -0.122. The molecule has 1 saturated carbocycles. The molecule has 1 aromatic carbocycles. The largest absolute Gasteiger partial charge is 0.371 e. The topological polar surface area (TPSA) is 55.1 Å². The third-order valence-electron chi connectivity index (χ3n) is 4.27. The first-order chi connectivity index (χ1) is 9.02. The van der Waals surface area contributed by atoms with Crippen LogP contribution in [0.25, 0.3) is 0 Å². The minimum absolute atomic E-state index is 0.220. The number of carbonyl (C=O) groups excluding carboxylic acids is 1. The smallest absolute Gasteiger partial charge is 0.243 e. The quantitative estimate of drug-likeness (QED) is 0.820. The van der Waals surface area contributed by atoms with Gasteiger partial charge in [-0.25, -0.2) is 0 Å². The van der Waals surface area contributed by atoms with Gasteiger partial charge >= 0.3 is 0 Å². The van der Waals surface area contributed by atoms with Crippen molar-refractivity contribution in [2.75, 3.05) is 5.32 Å². The second kappa shape index (κ2) is 5.64. The molecule has 1 aromatic rings. The molecule has 1 aliphatic carbocycles. The molecule has 2 unspecified atom stereocenters. The number of primary amides is 1. The van der Waals surface area contributed by atoms with E-state index in [2.05, 4.69) is 31.3 Å². The van der Waals surface area contributed by atoms with Crippen LogP contribution in [0.4, 0.5) is 5.69 Å². The Bertz CT molecular complexity index is 441. The third-order valence-corrected chi connectivity index (χ3v) is 4.27. The van der Waals surface area contributed by atoms with Gasteiger partial charge in [0.25, 0.3) is 0 Å². The molecule has 0 heterocycles. The molecular formula is C16H24N2O. The Morgan fingerprint density at radius 1 is 1.26 bits per heavy atom. The van der Waals surface area contributed by atoms with Crippen LogP contribution in [0.3, 0.4) is 0 Å². The fourth-order valence-corrected chi connectivity index (χ4v) is 2.86. The van der Waals surface area contributed by atoms with Crippen LogP contribution in [0.1, 0.15) is 44.6 Å². The van der Waals surface area contributed by atoms with Crippen LogP contribution >= 0.6 is 0 Å². The molecule has 0 aromatic heterocycles. The summed E-state index contributed by atoms with van der Waals surface area (Å²) in [6.07, 6.45) is 4.97. The summed E-state index contributed by atoms with van der Waals surface area (Å²) in [4.78, 5) is 12.0. The number of amides is 1. The van der Waals surface area contributed by atoms with Gasteiger partial charge in [0.05, 0.1) is 0 Å². The van der Waals surface area contributed by atoms with Crippen LogP contribution in [0.15, 0.2) is 24.3 Å². The first-order valence-corrected chi connectivity index (χ1v) is 7.17. The summed E-state index contributed by atoms with van der Waals surface area (Å²) in [6, 6.07) is 8.15. The summed E-state index contributed by atoms with van der Waals surface area (Å²) in [7, 11) is 0. The zero-order chi connectivity index (χ0) is 13.9. The van der Waals surface area contributed by atoms with E-state index < -0.39 is 5.54 Å². The van der Waals surface area contributed by atoms with E-state index in [1.807, 2.05) is 12.1 Å². The van der Waals surface area contributed by atoms with Crippen molar-refractivity contribution >= 4 is 11.6 Å². The maximum atomic E-state index is 12.0. The van der Waals surface area contributed by atoms with Gasteiger partial charge in [-0.1, -0.05) is 37.5 Å². The number of anilines is 1. The summed E-state index contributed by atoms with van der Waals surface area (Å²) in [5, 5.41) is 3.41. The van der Waals surface area contributed by atoms with Gasteiger partial charge in [0.1, 0.15) is 5.54 Å². The average molecular weight is 260 g/mol. The van der Waals surface area contributed by atoms with Gasteiger partial charge in [-0.3, -0.25) is 4.79 Å². The van der Waals surface area contributed by atoms with Gasteiger partial charge in [-0.05, 0) is 44.2 Å². The van der Waals surface area contributed by atoms with Crippen molar-refractivity contribution in [2.45, 2.75) is 51.5 Å². The Kier molecular flexibility index (Phi) is 4.13. The number of benzene rings is 1. The summed E-state index contributed by atoms with van der Waals surface area (Å²) < 4.78 is 0. The van der Waals surface area contributed by atoms with Crippen LogP contribution in [0, 0.1) is 12.8 Å². The number of aryl methyl sites for hydroxylation is 1. The second-order valence-electron chi connectivity index (χ2n) is 5.97. The normalized spacial score (nSPS) is 27.6. The molecule has 1 aliphatic rings. The minimum Gasteiger partial charge on any atom is -0.371 e. The van der Waals surface area contributed by atoms with Crippen LogP contribution in [0.5, 0.6) is 0 Å². The summed E-state index contributed by atoms with van der Waals surface area (Å²) in [6.45, 7) is 4.31. The molecule has 3 heteroatoms. The lowest BCUT2D eigenvalue weighted by atomic mass is 9.88. The Morgan fingerprint density at radius 2 is 1.95 bits per heavy atom. The number of hydrogen-bond donors (Lipinski definition) is 2. The standard InChI is InChI=1S/C16H24N2O/c1-12-4-3-10-16(11-9-12,15(17)19)18-14-7-5-13(2)6-8-14/h5-8,12,18H,3-4,9-11H2,1-2H3,(H2,17,19). The van der Waals surface area contributed by atoms with Gasteiger partial charge < -0.3 is 11.1 Å². The van der Waals surface area contributed by atoms with Gasteiger partial charge in [-0.15, -0.1) is 0 Å². The predicted molar refractivity (Wildman–Crippen MR) is 79.0 cm³/mol. The predicted octanol–water partition coefficient (Wildman–Crippen LogP) is 3.23. The monoisotopic (exact) mass is 260 g/mol. The lowest BCUT2D eigenvalue weighted by Gasteiger charge is -2.31. The van der Waals surface area contributed by atoms with Crippen LogP contribution in [-0.4, -0.2) is 11.4 Å². The highest BCUT2D eigenvalue weighted by Crippen LogP contribution is 2.33. The highest BCUT2D eigenvalue weighted by Gasteiger charge is 2.37. The number of hydrogen-bond acceptors (Lipinski definition) is 2. The number of carbonyl (C=O) groups is 1. The third kappa shape index (κ3) is 3.28. The highest BCUT2D eigenvalue weighted by molar-refractivity contribution is 5.88. The molecular weight excluding hydrogens is 236 g/mol. The molecule has 1 amide bonds. The van der Waals surface area contributed by atoms with Crippen molar-refractivity contribution in [3.8, 4) is 0 Å². The summed E-state index contributed by atoms with van der Waals surface area (Å²) in [5.74, 6) is 0.461. The van der Waals surface area contributed by atoms with E-state index in [9.17, 15) is 4.79 Å². The van der Waals surface area contributed by atoms with Crippen LogP contribution in [0.2, 0.25) is 0 Å². The molecule has 0 aliphatic heterocycles. The molecule has 1 fully saturated rings. The fraction of sp³-hybridized carbons (Fsp3) is 0.562. The Hall–Kier alpha value is -1.51. The van der Waals surface area contributed by atoms with Gasteiger partial charge in [0.2, 0.25) is 5.91 Å². The van der Waals surface area contributed by atoms with E-state index in [0.29, 0.717) is 5.92 Å².